The molecule has 0 unspecified atom stereocenters. The summed E-state index contributed by atoms with van der Waals surface area (Å²) in [6, 6.07) is 20.6. The van der Waals surface area contributed by atoms with Gasteiger partial charge < -0.3 is 4.74 Å². The van der Waals surface area contributed by atoms with Crippen molar-refractivity contribution in [1.29, 1.82) is 0 Å². The van der Waals surface area contributed by atoms with E-state index < -0.39 is 0 Å². The molecule has 2 heterocycles. The lowest BCUT2D eigenvalue weighted by atomic mass is 10.1. The molecule has 0 aliphatic heterocycles. The number of aryl methyl sites for hydroxylation is 2. The lowest BCUT2D eigenvalue weighted by molar-refractivity contribution is 0.341. The monoisotopic (exact) mass is 416 g/mol. The zero-order chi connectivity index (χ0) is 20.8. The maximum atomic E-state index is 6.00. The average molecular weight is 417 g/mol. The van der Waals surface area contributed by atoms with E-state index in [9.17, 15) is 0 Å². The lowest BCUT2D eigenvalue weighted by Gasteiger charge is -2.12. The Morgan fingerprint density at radius 3 is 2.53 bits per heavy atom. The van der Waals surface area contributed by atoms with Crippen LogP contribution in [0.15, 0.2) is 78.2 Å². The summed E-state index contributed by atoms with van der Waals surface area (Å²) in [6.07, 6.45) is 3.56. The molecule has 0 saturated carbocycles. The number of aromatic nitrogens is 4. The van der Waals surface area contributed by atoms with Crippen LogP contribution in [0.1, 0.15) is 16.7 Å². The summed E-state index contributed by atoms with van der Waals surface area (Å²) in [5.41, 5.74) is 4.57. The predicted molar refractivity (Wildman–Crippen MR) is 121 cm³/mol. The Labute approximate surface area is 181 Å². The molecule has 30 heavy (non-hydrogen) atoms. The highest BCUT2D eigenvalue weighted by Gasteiger charge is 2.15. The Morgan fingerprint density at radius 2 is 1.73 bits per heavy atom. The second-order valence-corrected chi connectivity index (χ2v) is 8.14. The summed E-state index contributed by atoms with van der Waals surface area (Å²) in [7, 11) is 0. The molecule has 4 rings (SSSR count). The van der Waals surface area contributed by atoms with Gasteiger partial charge in [0.05, 0.1) is 13.2 Å². The van der Waals surface area contributed by atoms with E-state index in [-0.39, 0.29) is 0 Å². The molecule has 0 atom stereocenters. The molecule has 0 radical (unpaired) electrons. The van der Waals surface area contributed by atoms with Crippen LogP contribution < -0.4 is 4.74 Å². The number of hydrogen-bond donors (Lipinski definition) is 0. The van der Waals surface area contributed by atoms with Crippen molar-refractivity contribution < 1.29 is 4.74 Å². The Kier molecular flexibility index (Phi) is 6.44. The van der Waals surface area contributed by atoms with Crippen molar-refractivity contribution in [2.75, 3.05) is 12.4 Å². The van der Waals surface area contributed by atoms with Crippen molar-refractivity contribution in [2.45, 2.75) is 25.5 Å². The van der Waals surface area contributed by atoms with E-state index >= 15 is 0 Å². The van der Waals surface area contributed by atoms with Gasteiger partial charge in [-0.25, -0.2) is 0 Å². The minimum atomic E-state index is 0.609. The van der Waals surface area contributed by atoms with Gasteiger partial charge in [-0.15, -0.1) is 10.2 Å². The maximum absolute atomic E-state index is 6.00. The van der Waals surface area contributed by atoms with Gasteiger partial charge in [0.15, 0.2) is 11.0 Å². The fraction of sp³-hybridized carbons (Fsp3) is 0.208. The molecule has 0 amide bonds. The normalized spacial score (nSPS) is 10.9. The number of hydrogen-bond acceptors (Lipinski definition) is 5. The minimum Gasteiger partial charge on any atom is -0.492 e. The summed E-state index contributed by atoms with van der Waals surface area (Å²) in [5.74, 6) is 2.58. The molecule has 6 heteroatoms. The lowest BCUT2D eigenvalue weighted by Crippen LogP contribution is -2.06. The average Bonchev–Trinajstić information content (AvgIpc) is 3.17. The van der Waals surface area contributed by atoms with Crippen molar-refractivity contribution in [3.8, 4) is 17.1 Å². The molecule has 0 fully saturated rings. The van der Waals surface area contributed by atoms with Crippen molar-refractivity contribution in [1.82, 2.24) is 19.7 Å². The minimum absolute atomic E-state index is 0.609. The van der Waals surface area contributed by atoms with E-state index in [0.29, 0.717) is 13.2 Å². The number of benzene rings is 2. The van der Waals surface area contributed by atoms with Gasteiger partial charge in [-0.1, -0.05) is 54.2 Å². The van der Waals surface area contributed by atoms with Crippen molar-refractivity contribution in [3.63, 3.8) is 0 Å². The van der Waals surface area contributed by atoms with Gasteiger partial charge in [0.2, 0.25) is 0 Å². The van der Waals surface area contributed by atoms with E-state index in [1.807, 2.05) is 18.2 Å². The molecule has 4 aromatic rings. The molecule has 0 aliphatic rings. The van der Waals surface area contributed by atoms with E-state index in [1.165, 1.54) is 11.1 Å². The van der Waals surface area contributed by atoms with Gasteiger partial charge in [0.25, 0.3) is 0 Å². The van der Waals surface area contributed by atoms with Gasteiger partial charge in [-0.2, -0.15) is 0 Å². The Balaban J connectivity index is 1.49. The topological polar surface area (TPSA) is 52.8 Å². The summed E-state index contributed by atoms with van der Waals surface area (Å²) >= 11 is 1.66. The van der Waals surface area contributed by atoms with Crippen LogP contribution in [-0.2, 0) is 6.54 Å². The van der Waals surface area contributed by atoms with Crippen LogP contribution in [0, 0.1) is 13.8 Å². The second-order valence-electron chi connectivity index (χ2n) is 7.08. The zero-order valence-electron chi connectivity index (χ0n) is 17.2. The Hall–Kier alpha value is -3.12. The highest BCUT2D eigenvalue weighted by molar-refractivity contribution is 7.99. The van der Waals surface area contributed by atoms with Crippen LogP contribution >= 0.6 is 11.8 Å². The number of nitrogens with zero attached hydrogens (tertiary/aromatic N) is 4. The van der Waals surface area contributed by atoms with Gasteiger partial charge in [0.1, 0.15) is 5.75 Å². The second kappa shape index (κ2) is 9.59. The zero-order valence-corrected chi connectivity index (χ0v) is 18.0. The van der Waals surface area contributed by atoms with E-state index in [4.69, 9.17) is 4.74 Å². The Morgan fingerprint density at radius 1 is 0.933 bits per heavy atom. The molecular weight excluding hydrogens is 392 g/mol. The van der Waals surface area contributed by atoms with E-state index in [0.717, 1.165) is 33.6 Å². The standard InChI is InChI=1S/C24H24N4OS/c1-18-8-9-19(2)22(16-18)29-14-15-30-24-27-26-23(21-10-12-25-13-11-21)28(24)17-20-6-4-3-5-7-20/h3-13,16H,14-15,17H2,1-2H3. The third kappa shape index (κ3) is 4.89. The molecular formula is C24H24N4OS. The molecule has 0 N–H and O–H groups in total. The fourth-order valence-corrected chi connectivity index (χ4v) is 3.92. The first-order valence-electron chi connectivity index (χ1n) is 9.91. The molecule has 0 aliphatic carbocycles. The highest BCUT2D eigenvalue weighted by atomic mass is 32.2. The number of thioether (sulfide) groups is 1. The molecule has 0 spiro atoms. The molecule has 2 aromatic carbocycles. The van der Waals surface area contributed by atoms with Gasteiger partial charge in [-0.05, 0) is 48.7 Å². The van der Waals surface area contributed by atoms with Crippen molar-refractivity contribution in [2.24, 2.45) is 0 Å². The predicted octanol–water partition coefficient (Wildman–Crippen LogP) is 5.18. The SMILES string of the molecule is Cc1ccc(C)c(OCCSc2nnc(-c3ccncc3)n2Cc2ccccc2)c1. The van der Waals surface area contributed by atoms with Crippen LogP contribution in [0.25, 0.3) is 11.4 Å². The van der Waals surface area contributed by atoms with Gasteiger partial charge >= 0.3 is 0 Å². The third-order valence-electron chi connectivity index (χ3n) is 4.75. The molecule has 0 bridgehead atoms. The van der Waals surface area contributed by atoms with Crippen LogP contribution in [0.2, 0.25) is 0 Å². The molecule has 0 saturated heterocycles. The van der Waals surface area contributed by atoms with Crippen LogP contribution in [0.3, 0.4) is 0 Å². The summed E-state index contributed by atoms with van der Waals surface area (Å²) < 4.78 is 8.16. The first kappa shape index (κ1) is 20.2. The summed E-state index contributed by atoms with van der Waals surface area (Å²) in [6.45, 7) is 5.47. The van der Waals surface area contributed by atoms with Crippen molar-refractivity contribution in [3.05, 3.63) is 89.7 Å². The van der Waals surface area contributed by atoms with Crippen LogP contribution in [0.4, 0.5) is 0 Å². The van der Waals surface area contributed by atoms with Crippen LogP contribution in [0.5, 0.6) is 5.75 Å². The smallest absolute Gasteiger partial charge is 0.191 e. The number of rotatable bonds is 8. The summed E-state index contributed by atoms with van der Waals surface area (Å²) in [5, 5.41) is 9.82. The third-order valence-corrected chi connectivity index (χ3v) is 5.69. The maximum Gasteiger partial charge on any atom is 0.191 e. The highest BCUT2D eigenvalue weighted by Crippen LogP contribution is 2.25. The first-order chi connectivity index (χ1) is 14.7. The quantitative estimate of drug-likeness (QED) is 0.293. The summed E-state index contributed by atoms with van der Waals surface area (Å²) in [4.78, 5) is 4.11. The van der Waals surface area contributed by atoms with Gasteiger partial charge in [0, 0.05) is 23.7 Å². The molecule has 152 valence electrons. The van der Waals surface area contributed by atoms with Crippen molar-refractivity contribution >= 4 is 11.8 Å². The first-order valence-corrected chi connectivity index (χ1v) is 10.9. The largest absolute Gasteiger partial charge is 0.492 e. The van der Waals surface area contributed by atoms with E-state index in [2.05, 4.69) is 76.1 Å². The van der Waals surface area contributed by atoms with Gasteiger partial charge in [-0.3, -0.25) is 9.55 Å². The number of pyridine rings is 1. The fourth-order valence-electron chi connectivity index (χ4n) is 3.17. The molecule has 5 nitrogen and oxygen atoms in total. The molecule has 2 aromatic heterocycles. The van der Waals surface area contributed by atoms with Crippen LogP contribution in [-0.4, -0.2) is 32.1 Å². The number of ether oxygens (including phenoxy) is 1. The Bertz CT molecular complexity index is 1100. The van der Waals surface area contributed by atoms with E-state index in [1.54, 1.807) is 24.2 Å².